The molecule has 1 aliphatic heterocycles. The standard InChI is InChI=1S/C15H25N3/c1-12-8-17-9-13(2)11-18(10-12)14(3)15-4-6-16-7-5-15/h4-7,12-14,17H,8-11H2,1-3H3. The van der Waals surface area contributed by atoms with Crippen molar-refractivity contribution in [1.82, 2.24) is 15.2 Å². The summed E-state index contributed by atoms with van der Waals surface area (Å²) in [6.45, 7) is 11.6. The van der Waals surface area contributed by atoms with Crippen molar-refractivity contribution in [3.63, 3.8) is 0 Å². The fraction of sp³-hybridized carbons (Fsp3) is 0.667. The Morgan fingerprint density at radius 3 is 2.28 bits per heavy atom. The van der Waals surface area contributed by atoms with E-state index >= 15 is 0 Å². The lowest BCUT2D eigenvalue weighted by Crippen LogP contribution is -2.43. The van der Waals surface area contributed by atoms with Gasteiger partial charge in [0.25, 0.3) is 0 Å². The molecule has 0 aliphatic carbocycles. The summed E-state index contributed by atoms with van der Waals surface area (Å²) in [6.07, 6.45) is 3.79. The summed E-state index contributed by atoms with van der Waals surface area (Å²) in [7, 11) is 0. The molecular weight excluding hydrogens is 222 g/mol. The number of rotatable bonds is 2. The van der Waals surface area contributed by atoms with E-state index in [9.17, 15) is 0 Å². The zero-order valence-electron chi connectivity index (χ0n) is 11.8. The van der Waals surface area contributed by atoms with Crippen molar-refractivity contribution in [3.05, 3.63) is 30.1 Å². The molecular formula is C15H25N3. The van der Waals surface area contributed by atoms with E-state index in [4.69, 9.17) is 0 Å². The maximum absolute atomic E-state index is 4.11. The van der Waals surface area contributed by atoms with Gasteiger partial charge in [-0.2, -0.15) is 0 Å². The van der Waals surface area contributed by atoms with Crippen LogP contribution >= 0.6 is 0 Å². The van der Waals surface area contributed by atoms with Crippen LogP contribution in [0.3, 0.4) is 0 Å². The Morgan fingerprint density at radius 2 is 1.72 bits per heavy atom. The molecule has 2 heterocycles. The maximum Gasteiger partial charge on any atom is 0.0321 e. The third kappa shape index (κ3) is 3.53. The van der Waals surface area contributed by atoms with Gasteiger partial charge in [-0.1, -0.05) is 13.8 Å². The number of hydrogen-bond donors (Lipinski definition) is 1. The van der Waals surface area contributed by atoms with Crippen LogP contribution in [-0.4, -0.2) is 36.1 Å². The van der Waals surface area contributed by atoms with E-state index in [1.807, 2.05) is 12.4 Å². The number of hydrogen-bond acceptors (Lipinski definition) is 3. The molecule has 0 aromatic carbocycles. The molecule has 3 unspecified atom stereocenters. The summed E-state index contributed by atoms with van der Waals surface area (Å²) < 4.78 is 0. The van der Waals surface area contributed by atoms with Crippen LogP contribution in [0.1, 0.15) is 32.4 Å². The first kappa shape index (κ1) is 13.5. The highest BCUT2D eigenvalue weighted by Gasteiger charge is 2.22. The van der Waals surface area contributed by atoms with Crippen LogP contribution in [-0.2, 0) is 0 Å². The fourth-order valence-electron chi connectivity index (χ4n) is 2.75. The van der Waals surface area contributed by atoms with E-state index in [1.165, 1.54) is 18.7 Å². The molecule has 1 N–H and O–H groups in total. The largest absolute Gasteiger partial charge is 0.316 e. The van der Waals surface area contributed by atoms with Crippen LogP contribution < -0.4 is 5.32 Å². The van der Waals surface area contributed by atoms with E-state index in [0.717, 1.165) is 13.1 Å². The molecule has 100 valence electrons. The molecule has 3 atom stereocenters. The molecule has 0 radical (unpaired) electrons. The average molecular weight is 247 g/mol. The van der Waals surface area contributed by atoms with Crippen LogP contribution in [0.2, 0.25) is 0 Å². The van der Waals surface area contributed by atoms with Crippen molar-refractivity contribution >= 4 is 0 Å². The van der Waals surface area contributed by atoms with Crippen LogP contribution in [0.5, 0.6) is 0 Å². The zero-order chi connectivity index (χ0) is 13.0. The Balaban J connectivity index is 2.08. The minimum Gasteiger partial charge on any atom is -0.316 e. The number of aromatic nitrogens is 1. The Kier molecular flexibility index (Phi) is 4.72. The lowest BCUT2D eigenvalue weighted by molar-refractivity contribution is 0.142. The summed E-state index contributed by atoms with van der Waals surface area (Å²) in [5, 5.41) is 3.55. The predicted molar refractivity (Wildman–Crippen MR) is 75.4 cm³/mol. The number of pyridine rings is 1. The Hall–Kier alpha value is -0.930. The molecule has 2 rings (SSSR count). The summed E-state index contributed by atoms with van der Waals surface area (Å²) in [5.74, 6) is 1.42. The van der Waals surface area contributed by atoms with Crippen LogP contribution in [0.15, 0.2) is 24.5 Å². The van der Waals surface area contributed by atoms with Crippen molar-refractivity contribution in [3.8, 4) is 0 Å². The first-order chi connectivity index (χ1) is 8.66. The highest BCUT2D eigenvalue weighted by atomic mass is 15.2. The first-order valence-electron chi connectivity index (χ1n) is 7.01. The highest BCUT2D eigenvalue weighted by molar-refractivity contribution is 5.14. The minimum atomic E-state index is 0.482. The Bertz CT molecular complexity index is 340. The van der Waals surface area contributed by atoms with Gasteiger partial charge in [0.2, 0.25) is 0 Å². The van der Waals surface area contributed by atoms with E-state index in [-0.39, 0.29) is 0 Å². The molecule has 0 bridgehead atoms. The van der Waals surface area contributed by atoms with E-state index in [0.29, 0.717) is 17.9 Å². The topological polar surface area (TPSA) is 28.2 Å². The predicted octanol–water partition coefficient (Wildman–Crippen LogP) is 2.32. The van der Waals surface area contributed by atoms with Crippen molar-refractivity contribution in [1.29, 1.82) is 0 Å². The lowest BCUT2D eigenvalue weighted by Gasteiger charge is -2.36. The summed E-state index contributed by atoms with van der Waals surface area (Å²) in [5.41, 5.74) is 1.37. The third-order valence-electron chi connectivity index (χ3n) is 3.81. The van der Waals surface area contributed by atoms with Gasteiger partial charge < -0.3 is 5.32 Å². The first-order valence-corrected chi connectivity index (χ1v) is 7.01. The normalized spacial score (nSPS) is 28.4. The van der Waals surface area contributed by atoms with Crippen molar-refractivity contribution < 1.29 is 0 Å². The van der Waals surface area contributed by atoms with Gasteiger partial charge in [0.15, 0.2) is 0 Å². The van der Waals surface area contributed by atoms with Gasteiger partial charge in [-0.3, -0.25) is 9.88 Å². The van der Waals surface area contributed by atoms with Crippen molar-refractivity contribution in [2.24, 2.45) is 11.8 Å². The number of nitrogens with one attached hydrogen (secondary N) is 1. The maximum atomic E-state index is 4.11. The molecule has 18 heavy (non-hydrogen) atoms. The fourth-order valence-corrected chi connectivity index (χ4v) is 2.75. The van der Waals surface area contributed by atoms with E-state index in [1.54, 1.807) is 0 Å². The molecule has 1 fully saturated rings. The molecule has 1 saturated heterocycles. The van der Waals surface area contributed by atoms with E-state index < -0.39 is 0 Å². The second kappa shape index (κ2) is 6.30. The van der Waals surface area contributed by atoms with Gasteiger partial charge >= 0.3 is 0 Å². The van der Waals surface area contributed by atoms with Gasteiger partial charge in [-0.25, -0.2) is 0 Å². The van der Waals surface area contributed by atoms with E-state index in [2.05, 4.69) is 48.1 Å². The van der Waals surface area contributed by atoms with Gasteiger partial charge in [-0.15, -0.1) is 0 Å². The zero-order valence-corrected chi connectivity index (χ0v) is 11.8. The lowest BCUT2D eigenvalue weighted by atomic mass is 10.0. The van der Waals surface area contributed by atoms with Crippen molar-refractivity contribution in [2.45, 2.75) is 26.8 Å². The van der Waals surface area contributed by atoms with Gasteiger partial charge in [-0.05, 0) is 49.5 Å². The second-order valence-corrected chi connectivity index (χ2v) is 5.78. The molecule has 0 spiro atoms. The van der Waals surface area contributed by atoms with Crippen LogP contribution in [0.4, 0.5) is 0 Å². The van der Waals surface area contributed by atoms with Crippen molar-refractivity contribution in [2.75, 3.05) is 26.2 Å². The number of nitrogens with zero attached hydrogens (tertiary/aromatic N) is 2. The molecule has 0 amide bonds. The summed E-state index contributed by atoms with van der Waals surface area (Å²) in [6, 6.07) is 4.75. The third-order valence-corrected chi connectivity index (χ3v) is 3.81. The van der Waals surface area contributed by atoms with Crippen LogP contribution in [0.25, 0.3) is 0 Å². The molecule has 1 aromatic rings. The monoisotopic (exact) mass is 247 g/mol. The Labute approximate surface area is 111 Å². The molecule has 3 heteroatoms. The summed E-state index contributed by atoms with van der Waals surface area (Å²) in [4.78, 5) is 6.72. The minimum absolute atomic E-state index is 0.482. The molecule has 1 aliphatic rings. The van der Waals surface area contributed by atoms with Gasteiger partial charge in [0.05, 0.1) is 0 Å². The van der Waals surface area contributed by atoms with Gasteiger partial charge in [0, 0.05) is 31.5 Å². The van der Waals surface area contributed by atoms with Gasteiger partial charge in [0.1, 0.15) is 0 Å². The molecule has 1 aromatic heterocycles. The quantitative estimate of drug-likeness (QED) is 0.869. The molecule has 0 saturated carbocycles. The second-order valence-electron chi connectivity index (χ2n) is 5.78. The Morgan fingerprint density at radius 1 is 1.17 bits per heavy atom. The smallest absolute Gasteiger partial charge is 0.0321 e. The SMILES string of the molecule is CC1CNCC(C)CN(C(C)c2ccncc2)C1. The van der Waals surface area contributed by atoms with Crippen LogP contribution in [0, 0.1) is 11.8 Å². The summed E-state index contributed by atoms with van der Waals surface area (Å²) >= 11 is 0. The average Bonchev–Trinajstić information content (AvgIpc) is 2.36. The molecule has 3 nitrogen and oxygen atoms in total. The highest BCUT2D eigenvalue weighted by Crippen LogP contribution is 2.22.